The van der Waals surface area contributed by atoms with Crippen LogP contribution in [0.3, 0.4) is 0 Å². The van der Waals surface area contributed by atoms with Gasteiger partial charge in [-0.3, -0.25) is 0 Å². The van der Waals surface area contributed by atoms with Crippen molar-refractivity contribution in [2.24, 2.45) is 0 Å². The zero-order chi connectivity index (χ0) is 24.8. The monoisotopic (exact) mass is 478 g/mol. The van der Waals surface area contributed by atoms with E-state index in [-0.39, 0.29) is 17.7 Å². The molecule has 0 saturated heterocycles. The maximum Gasteiger partial charge on any atom is 0.167 e. The van der Waals surface area contributed by atoms with Crippen molar-refractivity contribution >= 4 is 0 Å². The van der Waals surface area contributed by atoms with Crippen LogP contribution < -0.4 is 14.2 Å². The number of hydrogen-bond donors (Lipinski definition) is 0. The lowest BCUT2D eigenvalue weighted by molar-refractivity contribution is 0.297. The second-order valence-electron chi connectivity index (χ2n) is 7.75. The third-order valence-corrected chi connectivity index (χ3v) is 5.45. The van der Waals surface area contributed by atoms with Gasteiger partial charge >= 0.3 is 0 Å². The van der Waals surface area contributed by atoms with Gasteiger partial charge in [-0.05, 0) is 61.4 Å². The van der Waals surface area contributed by atoms with Crippen molar-refractivity contribution in [2.75, 3.05) is 13.2 Å². The van der Waals surface area contributed by atoms with Crippen molar-refractivity contribution in [1.82, 2.24) is 0 Å². The molecule has 0 aliphatic heterocycles. The van der Waals surface area contributed by atoms with E-state index in [4.69, 9.17) is 14.2 Å². The molecule has 180 valence electrons. The number of benzene rings is 4. The van der Waals surface area contributed by atoms with Gasteiger partial charge in [0, 0.05) is 22.8 Å². The van der Waals surface area contributed by atoms with Crippen LogP contribution in [0.1, 0.15) is 19.4 Å². The van der Waals surface area contributed by atoms with Gasteiger partial charge in [0.1, 0.15) is 29.7 Å². The van der Waals surface area contributed by atoms with E-state index in [0.717, 1.165) is 0 Å². The summed E-state index contributed by atoms with van der Waals surface area (Å²) in [5.74, 6) is -0.693. The molecule has 0 saturated carbocycles. The highest BCUT2D eigenvalue weighted by Gasteiger charge is 2.15. The highest BCUT2D eigenvalue weighted by Crippen LogP contribution is 2.30. The molecule has 0 aliphatic carbocycles. The SMILES string of the molecule is CCOc1ccc(-c2ccc(COc3ccc(-c4ccc(OCC)cc4F)cc3)c(F)c2F)cc1. The molecule has 0 aromatic heterocycles. The van der Waals surface area contributed by atoms with Crippen molar-refractivity contribution in [3.63, 3.8) is 0 Å². The molecule has 0 aliphatic rings. The fraction of sp³-hybridized carbons (Fsp3) is 0.172. The summed E-state index contributed by atoms with van der Waals surface area (Å²) in [6.45, 7) is 4.54. The number of hydrogen-bond acceptors (Lipinski definition) is 3. The van der Waals surface area contributed by atoms with E-state index < -0.39 is 17.5 Å². The molecule has 0 heterocycles. The Labute approximate surface area is 202 Å². The highest BCUT2D eigenvalue weighted by atomic mass is 19.2. The third-order valence-electron chi connectivity index (χ3n) is 5.45. The molecular formula is C29H25F3O3. The maximum atomic E-state index is 14.8. The van der Waals surface area contributed by atoms with Crippen LogP contribution in [-0.2, 0) is 6.61 Å². The molecule has 0 bridgehead atoms. The van der Waals surface area contributed by atoms with Gasteiger partial charge in [-0.2, -0.15) is 0 Å². The topological polar surface area (TPSA) is 27.7 Å². The second-order valence-corrected chi connectivity index (χ2v) is 7.75. The lowest BCUT2D eigenvalue weighted by Crippen LogP contribution is -2.02. The standard InChI is InChI=1S/C29H25F3O3/c1-3-33-22-10-7-20(8-11-22)26-15-9-21(28(31)29(26)32)18-35-23-12-5-19(6-13-23)25-16-14-24(34-4-2)17-27(25)30/h5-17H,3-4,18H2,1-2H3. The summed E-state index contributed by atoms with van der Waals surface area (Å²) in [5, 5.41) is 0. The summed E-state index contributed by atoms with van der Waals surface area (Å²) in [6, 6.07) is 21.3. The summed E-state index contributed by atoms with van der Waals surface area (Å²) >= 11 is 0. The first kappa shape index (κ1) is 24.2. The van der Waals surface area contributed by atoms with Crippen LogP contribution in [0.25, 0.3) is 22.3 Å². The smallest absolute Gasteiger partial charge is 0.167 e. The van der Waals surface area contributed by atoms with Gasteiger partial charge in [0.05, 0.1) is 13.2 Å². The first-order valence-corrected chi connectivity index (χ1v) is 11.4. The molecule has 4 aromatic carbocycles. The summed E-state index contributed by atoms with van der Waals surface area (Å²) in [4.78, 5) is 0. The summed E-state index contributed by atoms with van der Waals surface area (Å²) in [6.07, 6.45) is 0. The fourth-order valence-electron chi connectivity index (χ4n) is 3.70. The van der Waals surface area contributed by atoms with E-state index in [0.29, 0.717) is 47.2 Å². The Morgan fingerprint density at radius 1 is 0.543 bits per heavy atom. The minimum atomic E-state index is -0.954. The van der Waals surface area contributed by atoms with Crippen LogP contribution in [-0.4, -0.2) is 13.2 Å². The number of halogens is 3. The maximum absolute atomic E-state index is 14.8. The lowest BCUT2D eigenvalue weighted by atomic mass is 10.0. The van der Waals surface area contributed by atoms with Gasteiger partial charge in [0.2, 0.25) is 0 Å². The normalized spacial score (nSPS) is 10.8. The molecule has 0 N–H and O–H groups in total. The third kappa shape index (κ3) is 5.60. The molecule has 0 amide bonds. The number of ether oxygens (including phenoxy) is 3. The van der Waals surface area contributed by atoms with E-state index >= 15 is 0 Å². The quantitative estimate of drug-likeness (QED) is 0.246. The highest BCUT2D eigenvalue weighted by molar-refractivity contribution is 5.66. The van der Waals surface area contributed by atoms with E-state index in [2.05, 4.69) is 0 Å². The summed E-state index contributed by atoms with van der Waals surface area (Å²) in [7, 11) is 0. The van der Waals surface area contributed by atoms with Gasteiger partial charge in [-0.15, -0.1) is 0 Å². The van der Waals surface area contributed by atoms with Crippen LogP contribution in [0, 0.1) is 17.5 Å². The Morgan fingerprint density at radius 2 is 1.06 bits per heavy atom. The van der Waals surface area contributed by atoms with Gasteiger partial charge in [0.25, 0.3) is 0 Å². The molecule has 0 radical (unpaired) electrons. The predicted molar refractivity (Wildman–Crippen MR) is 130 cm³/mol. The van der Waals surface area contributed by atoms with E-state index in [1.807, 2.05) is 13.8 Å². The largest absolute Gasteiger partial charge is 0.494 e. The van der Waals surface area contributed by atoms with Crippen LogP contribution >= 0.6 is 0 Å². The molecule has 35 heavy (non-hydrogen) atoms. The summed E-state index contributed by atoms with van der Waals surface area (Å²) < 4.78 is 60.3. The Morgan fingerprint density at radius 3 is 1.66 bits per heavy atom. The average Bonchev–Trinajstić information content (AvgIpc) is 2.87. The van der Waals surface area contributed by atoms with Crippen molar-refractivity contribution < 1.29 is 27.4 Å². The zero-order valence-corrected chi connectivity index (χ0v) is 19.5. The van der Waals surface area contributed by atoms with E-state index in [9.17, 15) is 13.2 Å². The molecule has 4 rings (SSSR count). The molecule has 4 aromatic rings. The fourth-order valence-corrected chi connectivity index (χ4v) is 3.70. The second kappa shape index (κ2) is 11.0. The molecule has 0 unspecified atom stereocenters. The molecular weight excluding hydrogens is 453 g/mol. The van der Waals surface area contributed by atoms with Gasteiger partial charge in [-0.25, -0.2) is 13.2 Å². The molecule has 6 heteroatoms. The van der Waals surface area contributed by atoms with Crippen LogP contribution in [0.4, 0.5) is 13.2 Å². The Kier molecular flexibility index (Phi) is 7.60. The molecule has 0 fully saturated rings. The van der Waals surface area contributed by atoms with Crippen molar-refractivity contribution in [1.29, 1.82) is 0 Å². The molecule has 3 nitrogen and oxygen atoms in total. The molecule has 0 spiro atoms. The van der Waals surface area contributed by atoms with Gasteiger partial charge in [-0.1, -0.05) is 36.4 Å². The van der Waals surface area contributed by atoms with Crippen LogP contribution in [0.2, 0.25) is 0 Å². The minimum Gasteiger partial charge on any atom is -0.494 e. The summed E-state index contributed by atoms with van der Waals surface area (Å²) in [5.41, 5.74) is 1.90. The Hall–Kier alpha value is -3.93. The predicted octanol–water partition coefficient (Wildman–Crippen LogP) is 7.81. The van der Waals surface area contributed by atoms with Crippen molar-refractivity contribution in [3.8, 4) is 39.5 Å². The first-order chi connectivity index (χ1) is 17.0. The van der Waals surface area contributed by atoms with Crippen molar-refractivity contribution in [3.05, 3.63) is 102 Å². The Bertz CT molecular complexity index is 1290. The van der Waals surface area contributed by atoms with Crippen LogP contribution in [0.5, 0.6) is 17.2 Å². The minimum absolute atomic E-state index is 0.0961. The van der Waals surface area contributed by atoms with Crippen LogP contribution in [0.15, 0.2) is 78.9 Å². The number of rotatable bonds is 9. The zero-order valence-electron chi connectivity index (χ0n) is 19.5. The first-order valence-electron chi connectivity index (χ1n) is 11.4. The van der Waals surface area contributed by atoms with Gasteiger partial charge in [0.15, 0.2) is 11.6 Å². The Balaban J connectivity index is 1.44. The van der Waals surface area contributed by atoms with E-state index in [1.54, 1.807) is 60.7 Å². The van der Waals surface area contributed by atoms with E-state index in [1.165, 1.54) is 18.2 Å². The lowest BCUT2D eigenvalue weighted by Gasteiger charge is -2.12. The molecule has 0 atom stereocenters. The van der Waals surface area contributed by atoms with Gasteiger partial charge < -0.3 is 14.2 Å². The van der Waals surface area contributed by atoms with Crippen molar-refractivity contribution in [2.45, 2.75) is 20.5 Å². The average molecular weight is 479 g/mol.